The number of benzene rings is 1. The Morgan fingerprint density at radius 2 is 1.88 bits per heavy atom. The second-order valence-corrected chi connectivity index (χ2v) is 6.68. The van der Waals surface area contributed by atoms with E-state index in [1.165, 1.54) is 17.4 Å². The second kappa shape index (κ2) is 7.56. The molecule has 0 saturated carbocycles. The van der Waals surface area contributed by atoms with E-state index in [1.807, 2.05) is 23.2 Å². The fourth-order valence-electron chi connectivity index (χ4n) is 3.46. The number of nitrogens with one attached hydrogen (secondary N) is 2. The van der Waals surface area contributed by atoms with Gasteiger partial charge in [0.25, 0.3) is 5.91 Å². The number of carbonyl (C=O) groups excluding carboxylic acids is 1. The first-order chi connectivity index (χ1) is 12.8. The van der Waals surface area contributed by atoms with Crippen LogP contribution in [0.25, 0.3) is 10.9 Å². The highest BCUT2D eigenvalue weighted by Crippen LogP contribution is 2.18. The Morgan fingerprint density at radius 3 is 2.69 bits per heavy atom. The zero-order chi connectivity index (χ0) is 17.8. The molecule has 0 spiro atoms. The number of para-hydroxylation sites is 1. The highest BCUT2D eigenvalue weighted by molar-refractivity contribution is 5.93. The lowest BCUT2D eigenvalue weighted by Gasteiger charge is -2.26. The molecule has 3 aromatic rings. The molecule has 0 aliphatic carbocycles. The minimum absolute atomic E-state index is 0.0371. The molecule has 0 unspecified atom stereocenters. The van der Waals surface area contributed by atoms with Crippen molar-refractivity contribution < 1.29 is 4.79 Å². The highest BCUT2D eigenvalue weighted by atomic mass is 16.2. The van der Waals surface area contributed by atoms with Crippen molar-refractivity contribution in [2.24, 2.45) is 0 Å². The normalized spacial score (nSPS) is 14.5. The maximum Gasteiger partial charge on any atom is 0.256 e. The molecule has 4 rings (SSSR count). The zero-order valence-electron chi connectivity index (χ0n) is 14.7. The summed E-state index contributed by atoms with van der Waals surface area (Å²) in [6, 6.07) is 8.28. The Bertz CT molecular complexity index is 881. The number of amides is 1. The van der Waals surface area contributed by atoms with E-state index < -0.39 is 0 Å². The van der Waals surface area contributed by atoms with Gasteiger partial charge >= 0.3 is 0 Å². The van der Waals surface area contributed by atoms with Gasteiger partial charge in [0.05, 0.1) is 5.56 Å². The molecule has 0 atom stereocenters. The fraction of sp³-hybridized carbons (Fsp3) is 0.350. The Morgan fingerprint density at radius 1 is 1.12 bits per heavy atom. The van der Waals surface area contributed by atoms with Crippen molar-refractivity contribution >= 4 is 22.8 Å². The molecule has 0 radical (unpaired) electrons. The van der Waals surface area contributed by atoms with Crippen LogP contribution in [-0.4, -0.2) is 45.4 Å². The quantitative estimate of drug-likeness (QED) is 0.742. The smallest absolute Gasteiger partial charge is 0.256 e. The number of aromatic nitrogens is 3. The monoisotopic (exact) mass is 349 g/mol. The summed E-state index contributed by atoms with van der Waals surface area (Å²) in [5.74, 6) is 0.593. The number of hydrogen-bond acceptors (Lipinski definition) is 4. The third kappa shape index (κ3) is 3.54. The van der Waals surface area contributed by atoms with Crippen molar-refractivity contribution in [2.45, 2.75) is 25.7 Å². The molecule has 26 heavy (non-hydrogen) atoms. The van der Waals surface area contributed by atoms with Crippen molar-refractivity contribution in [1.82, 2.24) is 19.9 Å². The van der Waals surface area contributed by atoms with Gasteiger partial charge in [-0.25, -0.2) is 9.97 Å². The number of carbonyl (C=O) groups is 1. The third-order valence-electron chi connectivity index (χ3n) is 4.89. The first kappa shape index (κ1) is 16.6. The Kier molecular flexibility index (Phi) is 4.82. The maximum atomic E-state index is 12.4. The number of likely N-dealkylation sites (tertiary alicyclic amines) is 1. The van der Waals surface area contributed by atoms with E-state index in [2.05, 4.69) is 32.4 Å². The van der Waals surface area contributed by atoms with Crippen LogP contribution in [0.1, 0.15) is 35.2 Å². The fourth-order valence-corrected chi connectivity index (χ4v) is 3.46. The van der Waals surface area contributed by atoms with Crippen LogP contribution in [0.3, 0.4) is 0 Å². The standard InChI is InChI=1S/C20H23N5O/c26-19(25-10-4-1-5-11-25)16-13-23-20(24-14-16)21-9-8-15-12-22-18-7-3-2-6-17(15)18/h2-3,6-7,12-14,22H,1,4-5,8-11H2,(H,21,23,24). The number of fused-ring (bicyclic) bond motifs is 1. The van der Waals surface area contributed by atoms with Gasteiger partial charge in [-0.05, 0) is 37.3 Å². The predicted molar refractivity (Wildman–Crippen MR) is 102 cm³/mol. The molecule has 1 amide bonds. The highest BCUT2D eigenvalue weighted by Gasteiger charge is 2.18. The number of anilines is 1. The van der Waals surface area contributed by atoms with E-state index in [1.54, 1.807) is 12.4 Å². The SMILES string of the molecule is O=C(c1cnc(NCCc2c[nH]c3ccccc23)nc1)N1CCCCC1. The summed E-state index contributed by atoms with van der Waals surface area (Å²) in [4.78, 5) is 26.2. The minimum Gasteiger partial charge on any atom is -0.361 e. The lowest BCUT2D eigenvalue weighted by molar-refractivity contribution is 0.0723. The van der Waals surface area contributed by atoms with Crippen molar-refractivity contribution in [1.29, 1.82) is 0 Å². The van der Waals surface area contributed by atoms with Gasteiger partial charge in [0.15, 0.2) is 0 Å². The molecular weight excluding hydrogens is 326 g/mol. The Labute approximate surface area is 152 Å². The predicted octanol–water partition coefficient (Wildman–Crippen LogP) is 3.24. The third-order valence-corrected chi connectivity index (χ3v) is 4.89. The molecule has 1 aliphatic heterocycles. The Hall–Kier alpha value is -2.89. The van der Waals surface area contributed by atoms with Crippen molar-refractivity contribution in [3.05, 3.63) is 54.0 Å². The summed E-state index contributed by atoms with van der Waals surface area (Å²) >= 11 is 0. The van der Waals surface area contributed by atoms with Crippen molar-refractivity contribution in [3.63, 3.8) is 0 Å². The molecule has 1 aromatic carbocycles. The first-order valence-corrected chi connectivity index (χ1v) is 9.21. The summed E-state index contributed by atoms with van der Waals surface area (Å²) < 4.78 is 0. The van der Waals surface area contributed by atoms with E-state index >= 15 is 0 Å². The second-order valence-electron chi connectivity index (χ2n) is 6.68. The molecule has 2 N–H and O–H groups in total. The van der Waals surface area contributed by atoms with E-state index in [0.29, 0.717) is 11.5 Å². The average Bonchev–Trinajstić information content (AvgIpc) is 3.12. The van der Waals surface area contributed by atoms with E-state index in [9.17, 15) is 4.79 Å². The summed E-state index contributed by atoms with van der Waals surface area (Å²) in [7, 11) is 0. The number of hydrogen-bond donors (Lipinski definition) is 2. The minimum atomic E-state index is 0.0371. The Balaban J connectivity index is 1.33. The van der Waals surface area contributed by atoms with Crippen LogP contribution in [0.4, 0.5) is 5.95 Å². The van der Waals surface area contributed by atoms with E-state index in [-0.39, 0.29) is 5.91 Å². The van der Waals surface area contributed by atoms with Gasteiger partial charge in [-0.1, -0.05) is 18.2 Å². The van der Waals surface area contributed by atoms with Gasteiger partial charge < -0.3 is 15.2 Å². The summed E-state index contributed by atoms with van der Waals surface area (Å²) in [5.41, 5.74) is 2.98. The van der Waals surface area contributed by atoms with Gasteiger partial charge in [0.2, 0.25) is 5.95 Å². The lowest BCUT2D eigenvalue weighted by Crippen LogP contribution is -2.35. The number of H-pyrrole nitrogens is 1. The van der Waals surface area contributed by atoms with Crippen LogP contribution >= 0.6 is 0 Å². The van der Waals surface area contributed by atoms with Crippen LogP contribution in [0.15, 0.2) is 42.9 Å². The summed E-state index contributed by atoms with van der Waals surface area (Å²) in [6.07, 6.45) is 9.55. The van der Waals surface area contributed by atoms with Crippen LogP contribution < -0.4 is 5.32 Å². The number of nitrogens with zero attached hydrogens (tertiary/aromatic N) is 3. The van der Waals surface area contributed by atoms with Gasteiger partial charge in [0.1, 0.15) is 0 Å². The molecule has 0 bridgehead atoms. The van der Waals surface area contributed by atoms with Crippen molar-refractivity contribution in [2.75, 3.05) is 25.0 Å². The molecule has 3 heterocycles. The topological polar surface area (TPSA) is 73.9 Å². The lowest BCUT2D eigenvalue weighted by atomic mass is 10.1. The van der Waals surface area contributed by atoms with Crippen LogP contribution in [0, 0.1) is 0 Å². The van der Waals surface area contributed by atoms with Gasteiger partial charge in [-0.3, -0.25) is 4.79 Å². The largest absolute Gasteiger partial charge is 0.361 e. The zero-order valence-corrected chi connectivity index (χ0v) is 14.7. The summed E-state index contributed by atoms with van der Waals surface area (Å²) in [5, 5.41) is 4.48. The van der Waals surface area contributed by atoms with Crippen LogP contribution in [-0.2, 0) is 6.42 Å². The molecule has 1 fully saturated rings. The summed E-state index contributed by atoms with van der Waals surface area (Å²) in [6.45, 7) is 2.41. The molecule has 2 aromatic heterocycles. The molecular formula is C20H23N5O. The van der Waals surface area contributed by atoms with Gasteiger partial charge in [0, 0.05) is 49.1 Å². The number of piperidine rings is 1. The molecule has 134 valence electrons. The molecule has 1 aliphatic rings. The maximum absolute atomic E-state index is 12.4. The van der Waals surface area contributed by atoms with Crippen LogP contribution in [0.2, 0.25) is 0 Å². The van der Waals surface area contributed by atoms with E-state index in [0.717, 1.165) is 44.4 Å². The molecule has 6 heteroatoms. The number of rotatable bonds is 5. The number of aromatic amines is 1. The van der Waals surface area contributed by atoms with Gasteiger partial charge in [-0.2, -0.15) is 0 Å². The van der Waals surface area contributed by atoms with E-state index in [4.69, 9.17) is 0 Å². The van der Waals surface area contributed by atoms with Crippen LogP contribution in [0.5, 0.6) is 0 Å². The molecule has 1 saturated heterocycles. The molecule has 6 nitrogen and oxygen atoms in total. The van der Waals surface area contributed by atoms with Gasteiger partial charge in [-0.15, -0.1) is 0 Å². The first-order valence-electron chi connectivity index (χ1n) is 9.21. The average molecular weight is 349 g/mol. The van der Waals surface area contributed by atoms with Crippen molar-refractivity contribution in [3.8, 4) is 0 Å².